The molecule has 6 N–H and O–H groups in total. The van der Waals surface area contributed by atoms with Gasteiger partial charge < -0.3 is 32.1 Å². The van der Waals surface area contributed by atoms with E-state index in [9.17, 15) is 19.8 Å². The van der Waals surface area contributed by atoms with Crippen molar-refractivity contribution in [1.29, 1.82) is 0 Å². The number of carbonyl (C=O) groups excluding carboxylic acids is 2. The molecule has 0 fully saturated rings. The monoisotopic (exact) mass is 244 g/mol. The van der Waals surface area contributed by atoms with E-state index in [1.54, 1.807) is 0 Å². The predicted molar refractivity (Wildman–Crippen MR) is 45.1 cm³/mol. The van der Waals surface area contributed by atoms with Gasteiger partial charge in [-0.05, 0) is 11.1 Å². The number of carboxylic acid groups (broad SMARTS) is 2. The normalized spacial score (nSPS) is 7.00. The van der Waals surface area contributed by atoms with Gasteiger partial charge in [0.2, 0.25) is 0 Å². The number of rotatable bonds is 2. The molecule has 0 bridgehead atoms. The van der Waals surface area contributed by atoms with Crippen LogP contribution in [0.4, 0.5) is 0 Å². The van der Waals surface area contributed by atoms with Gasteiger partial charge >= 0.3 is 59.1 Å². The molecule has 0 aliphatic carbocycles. The Morgan fingerprint density at radius 1 is 0.750 bits per heavy atom. The molecule has 0 aliphatic rings. The molecule has 1 aromatic carbocycles. The van der Waals surface area contributed by atoms with Gasteiger partial charge in [-0.25, -0.2) is 0 Å². The smallest absolute Gasteiger partial charge is 0.545 e. The van der Waals surface area contributed by atoms with E-state index in [2.05, 4.69) is 0 Å². The largest absolute Gasteiger partial charge is 1.00 e. The van der Waals surface area contributed by atoms with Crippen molar-refractivity contribution in [3.8, 4) is 0 Å². The second kappa shape index (κ2) is 11.6. The number of benzene rings is 1. The molecule has 0 spiro atoms. The van der Waals surface area contributed by atoms with E-state index in [1.807, 2.05) is 0 Å². The Balaban J connectivity index is -0.000000180. The summed E-state index contributed by atoms with van der Waals surface area (Å²) in [5, 5.41) is 20.4. The van der Waals surface area contributed by atoms with Crippen LogP contribution in [0.3, 0.4) is 0 Å². The number of hydrogen-bond acceptors (Lipinski definition) is 6. The Kier molecular flexibility index (Phi) is 18.1. The molecule has 1 rings (SSSR count). The molecule has 0 aromatic heterocycles. The summed E-state index contributed by atoms with van der Waals surface area (Å²) >= 11 is 0. The summed E-state index contributed by atoms with van der Waals surface area (Å²) < 4.78 is 0. The average Bonchev–Trinajstić information content (AvgIpc) is 2.04. The first-order chi connectivity index (χ1) is 5.61. The van der Waals surface area contributed by atoms with E-state index in [0.29, 0.717) is 0 Å². The number of carboxylic acids is 2. The van der Waals surface area contributed by atoms with Crippen LogP contribution in [0.2, 0.25) is 0 Å². The fraction of sp³-hybridized carbons (Fsp3) is 0. The zero-order valence-electron chi connectivity index (χ0n) is 9.36. The summed E-state index contributed by atoms with van der Waals surface area (Å²) in [6.07, 6.45) is 0. The third kappa shape index (κ3) is 7.37. The molecule has 6 nitrogen and oxygen atoms in total. The maximum atomic E-state index is 10.2. The standard InChI is InChI=1S/C8H6O4.2H3N.2Na/c9-7(10)5-1-2-6(4-3-5)8(11)12;;;;/h1-4H,(H,9,10)(H,11,12);2*1H3;;/q;;;2*+1/p-2. The molecule has 78 valence electrons. The molecule has 0 radical (unpaired) electrons. The van der Waals surface area contributed by atoms with Crippen LogP contribution in [0.5, 0.6) is 0 Å². The fourth-order valence-electron chi connectivity index (χ4n) is 0.742. The number of hydrogen-bond donors (Lipinski definition) is 2. The third-order valence-corrected chi connectivity index (χ3v) is 1.36. The molecule has 1 aromatic rings. The molecule has 0 aliphatic heterocycles. The van der Waals surface area contributed by atoms with Gasteiger partial charge in [-0.15, -0.1) is 0 Å². The predicted octanol–water partition coefficient (Wildman–Crippen LogP) is -7.25. The Bertz CT molecular complexity index is 296. The van der Waals surface area contributed by atoms with Gasteiger partial charge in [-0.3, -0.25) is 0 Å². The van der Waals surface area contributed by atoms with Crippen molar-refractivity contribution in [2.75, 3.05) is 0 Å². The van der Waals surface area contributed by atoms with Crippen molar-refractivity contribution >= 4 is 11.9 Å². The first-order valence-corrected chi connectivity index (χ1v) is 3.14. The molecule has 16 heavy (non-hydrogen) atoms. The van der Waals surface area contributed by atoms with Gasteiger partial charge in [0.25, 0.3) is 0 Å². The van der Waals surface area contributed by atoms with Crippen LogP contribution < -0.4 is 81.6 Å². The SMILES string of the molecule is N.N.O=C([O-])c1ccc(C(=O)[O-])cc1.[Na+].[Na+]. The minimum Gasteiger partial charge on any atom is -0.545 e. The summed E-state index contributed by atoms with van der Waals surface area (Å²) in [6, 6.07) is 4.61. The maximum Gasteiger partial charge on any atom is 1.00 e. The quantitative estimate of drug-likeness (QED) is 0.493. The number of carbonyl (C=O) groups is 2. The van der Waals surface area contributed by atoms with E-state index in [0.717, 1.165) is 24.3 Å². The Morgan fingerprint density at radius 3 is 1.06 bits per heavy atom. The van der Waals surface area contributed by atoms with Gasteiger partial charge in [-0.1, -0.05) is 24.3 Å². The summed E-state index contributed by atoms with van der Waals surface area (Å²) in [7, 11) is 0. The van der Waals surface area contributed by atoms with Gasteiger partial charge in [0.1, 0.15) is 0 Å². The van der Waals surface area contributed by atoms with Crippen LogP contribution in [-0.4, -0.2) is 11.9 Å². The Hall–Kier alpha value is 0.0800. The molecular weight excluding hydrogens is 234 g/mol. The van der Waals surface area contributed by atoms with Crippen LogP contribution in [0, 0.1) is 0 Å². The van der Waals surface area contributed by atoms with Crippen LogP contribution in [0.25, 0.3) is 0 Å². The van der Waals surface area contributed by atoms with Gasteiger partial charge in [0.05, 0.1) is 11.9 Å². The summed E-state index contributed by atoms with van der Waals surface area (Å²) in [5.41, 5.74) is -0.111. The maximum absolute atomic E-state index is 10.2. The van der Waals surface area contributed by atoms with E-state index in [4.69, 9.17) is 0 Å². The third-order valence-electron chi connectivity index (χ3n) is 1.36. The van der Waals surface area contributed by atoms with Gasteiger partial charge in [0, 0.05) is 0 Å². The minimum absolute atomic E-state index is 0. The van der Waals surface area contributed by atoms with E-state index in [1.165, 1.54) is 0 Å². The molecule has 0 saturated carbocycles. The van der Waals surface area contributed by atoms with E-state index in [-0.39, 0.29) is 82.5 Å². The molecule has 0 heterocycles. The minimum atomic E-state index is -1.33. The van der Waals surface area contributed by atoms with Crippen molar-refractivity contribution in [3.05, 3.63) is 35.4 Å². The summed E-state index contributed by atoms with van der Waals surface area (Å²) in [6.45, 7) is 0. The zero-order valence-corrected chi connectivity index (χ0v) is 13.4. The zero-order chi connectivity index (χ0) is 9.14. The van der Waals surface area contributed by atoms with Crippen LogP contribution in [0.1, 0.15) is 20.7 Å². The van der Waals surface area contributed by atoms with Crippen LogP contribution >= 0.6 is 0 Å². The van der Waals surface area contributed by atoms with Crippen molar-refractivity contribution in [2.24, 2.45) is 0 Å². The second-order valence-corrected chi connectivity index (χ2v) is 2.15. The fourth-order valence-corrected chi connectivity index (χ4v) is 0.742. The van der Waals surface area contributed by atoms with Crippen molar-refractivity contribution in [1.82, 2.24) is 12.3 Å². The van der Waals surface area contributed by atoms with Crippen LogP contribution in [-0.2, 0) is 0 Å². The molecular formula is C8H10N2Na2O4. The van der Waals surface area contributed by atoms with E-state index >= 15 is 0 Å². The average molecular weight is 244 g/mol. The van der Waals surface area contributed by atoms with Crippen LogP contribution in [0.15, 0.2) is 24.3 Å². The van der Waals surface area contributed by atoms with Gasteiger partial charge in [-0.2, -0.15) is 0 Å². The molecule has 0 saturated heterocycles. The Labute approximate surface area is 137 Å². The topological polar surface area (TPSA) is 150 Å². The van der Waals surface area contributed by atoms with Crippen molar-refractivity contribution in [2.45, 2.75) is 0 Å². The molecule has 0 atom stereocenters. The van der Waals surface area contributed by atoms with Crippen molar-refractivity contribution in [3.63, 3.8) is 0 Å². The van der Waals surface area contributed by atoms with E-state index < -0.39 is 11.9 Å². The summed E-state index contributed by atoms with van der Waals surface area (Å²) in [5.74, 6) is -2.67. The first-order valence-electron chi connectivity index (χ1n) is 3.14. The number of aromatic carboxylic acids is 2. The molecule has 0 amide bonds. The molecule has 8 heteroatoms. The van der Waals surface area contributed by atoms with Crippen molar-refractivity contribution < 1.29 is 78.9 Å². The van der Waals surface area contributed by atoms with Gasteiger partial charge in [0.15, 0.2) is 0 Å². The Morgan fingerprint density at radius 2 is 0.938 bits per heavy atom. The second-order valence-electron chi connectivity index (χ2n) is 2.15. The summed E-state index contributed by atoms with van der Waals surface area (Å²) in [4.78, 5) is 20.4. The molecule has 0 unspecified atom stereocenters. The first kappa shape index (κ1) is 25.1.